The standard InChI is InChI=1S/C13H17FN2O2/c1-9(10-4-2-3-5-11(10)14)16-7-6-15-8-12(16)13(17)18/h2-5,9,12,15H,6-8H2,1H3,(H,17,18). The van der Waals surface area contributed by atoms with Gasteiger partial charge in [0, 0.05) is 31.2 Å². The molecule has 1 fully saturated rings. The summed E-state index contributed by atoms with van der Waals surface area (Å²) in [6.45, 7) is 3.57. The molecule has 0 aromatic heterocycles. The highest BCUT2D eigenvalue weighted by Gasteiger charge is 2.32. The topological polar surface area (TPSA) is 52.6 Å². The highest BCUT2D eigenvalue weighted by Crippen LogP contribution is 2.25. The molecule has 1 aromatic carbocycles. The van der Waals surface area contributed by atoms with Crippen LogP contribution >= 0.6 is 0 Å². The van der Waals surface area contributed by atoms with Gasteiger partial charge in [0.2, 0.25) is 0 Å². The zero-order valence-electron chi connectivity index (χ0n) is 10.3. The van der Waals surface area contributed by atoms with E-state index in [2.05, 4.69) is 5.32 Å². The van der Waals surface area contributed by atoms with Crippen molar-refractivity contribution in [3.05, 3.63) is 35.6 Å². The molecule has 2 unspecified atom stereocenters. The molecule has 2 atom stereocenters. The van der Waals surface area contributed by atoms with Gasteiger partial charge in [-0.1, -0.05) is 18.2 Å². The molecule has 2 rings (SSSR count). The van der Waals surface area contributed by atoms with Crippen LogP contribution in [0.2, 0.25) is 0 Å². The summed E-state index contributed by atoms with van der Waals surface area (Å²) in [5.41, 5.74) is 0.547. The number of nitrogens with one attached hydrogen (secondary N) is 1. The molecule has 1 aliphatic heterocycles. The Hall–Kier alpha value is -1.46. The minimum absolute atomic E-state index is 0.241. The van der Waals surface area contributed by atoms with Crippen molar-refractivity contribution < 1.29 is 14.3 Å². The molecular weight excluding hydrogens is 235 g/mol. The first kappa shape index (κ1) is 13.0. The van der Waals surface area contributed by atoms with E-state index >= 15 is 0 Å². The Bertz CT molecular complexity index is 439. The molecule has 1 heterocycles. The number of nitrogens with zero attached hydrogens (tertiary/aromatic N) is 1. The zero-order chi connectivity index (χ0) is 13.1. The number of halogens is 1. The lowest BCUT2D eigenvalue weighted by molar-refractivity contribution is -0.145. The summed E-state index contributed by atoms with van der Waals surface area (Å²) in [6, 6.07) is 5.68. The van der Waals surface area contributed by atoms with Crippen LogP contribution in [0.5, 0.6) is 0 Å². The lowest BCUT2D eigenvalue weighted by Gasteiger charge is -2.38. The molecule has 0 amide bonds. The summed E-state index contributed by atoms with van der Waals surface area (Å²) >= 11 is 0. The second-order valence-corrected chi connectivity index (χ2v) is 4.49. The van der Waals surface area contributed by atoms with E-state index in [0.29, 0.717) is 18.7 Å². The van der Waals surface area contributed by atoms with Gasteiger partial charge in [-0.3, -0.25) is 9.69 Å². The smallest absolute Gasteiger partial charge is 0.322 e. The lowest BCUT2D eigenvalue weighted by Crippen LogP contribution is -2.55. The van der Waals surface area contributed by atoms with Crippen molar-refractivity contribution in [3.8, 4) is 0 Å². The van der Waals surface area contributed by atoms with E-state index in [9.17, 15) is 14.3 Å². The summed E-state index contributed by atoms with van der Waals surface area (Å²) in [4.78, 5) is 13.0. The van der Waals surface area contributed by atoms with Crippen LogP contribution < -0.4 is 5.32 Å². The Labute approximate surface area is 105 Å². The molecule has 0 saturated carbocycles. The van der Waals surface area contributed by atoms with Gasteiger partial charge >= 0.3 is 5.97 Å². The second kappa shape index (κ2) is 5.46. The molecule has 4 nitrogen and oxygen atoms in total. The average Bonchev–Trinajstić information content (AvgIpc) is 2.38. The van der Waals surface area contributed by atoms with Crippen LogP contribution in [-0.2, 0) is 4.79 Å². The number of benzene rings is 1. The van der Waals surface area contributed by atoms with Crippen LogP contribution in [0.15, 0.2) is 24.3 Å². The quantitative estimate of drug-likeness (QED) is 0.850. The molecule has 0 bridgehead atoms. The maximum absolute atomic E-state index is 13.7. The maximum atomic E-state index is 13.7. The monoisotopic (exact) mass is 252 g/mol. The minimum atomic E-state index is -0.870. The van der Waals surface area contributed by atoms with E-state index in [0.717, 1.165) is 6.54 Å². The zero-order valence-corrected chi connectivity index (χ0v) is 10.3. The Morgan fingerprint density at radius 2 is 2.28 bits per heavy atom. The summed E-state index contributed by atoms with van der Waals surface area (Å²) in [5, 5.41) is 12.2. The third-order valence-electron chi connectivity index (χ3n) is 3.42. The average molecular weight is 252 g/mol. The van der Waals surface area contributed by atoms with E-state index in [1.807, 2.05) is 11.8 Å². The third-order valence-corrected chi connectivity index (χ3v) is 3.42. The molecule has 5 heteroatoms. The van der Waals surface area contributed by atoms with Crippen LogP contribution in [0.1, 0.15) is 18.5 Å². The third kappa shape index (κ3) is 2.52. The van der Waals surface area contributed by atoms with Gasteiger partial charge < -0.3 is 10.4 Å². The molecule has 1 aromatic rings. The van der Waals surface area contributed by atoms with Gasteiger partial charge in [-0.15, -0.1) is 0 Å². The van der Waals surface area contributed by atoms with Crippen molar-refractivity contribution in [2.45, 2.75) is 19.0 Å². The molecule has 98 valence electrons. The minimum Gasteiger partial charge on any atom is -0.480 e. The number of rotatable bonds is 3. The predicted octanol–water partition coefficient (Wildman–Crippen LogP) is 1.25. The number of carbonyl (C=O) groups is 1. The Balaban J connectivity index is 2.23. The number of carboxylic acids is 1. The molecule has 1 aliphatic rings. The number of hydrogen-bond acceptors (Lipinski definition) is 3. The van der Waals surface area contributed by atoms with Crippen molar-refractivity contribution in [3.63, 3.8) is 0 Å². The van der Waals surface area contributed by atoms with E-state index in [1.165, 1.54) is 6.07 Å². The van der Waals surface area contributed by atoms with Crippen molar-refractivity contribution >= 4 is 5.97 Å². The van der Waals surface area contributed by atoms with Crippen molar-refractivity contribution in [1.29, 1.82) is 0 Å². The molecule has 18 heavy (non-hydrogen) atoms. The number of hydrogen-bond donors (Lipinski definition) is 2. The Morgan fingerprint density at radius 1 is 1.56 bits per heavy atom. The largest absolute Gasteiger partial charge is 0.480 e. The fraction of sp³-hybridized carbons (Fsp3) is 0.462. The van der Waals surface area contributed by atoms with Gasteiger partial charge in [-0.2, -0.15) is 0 Å². The number of aliphatic carboxylic acids is 1. The summed E-state index contributed by atoms with van der Waals surface area (Å²) in [7, 11) is 0. The first-order valence-electron chi connectivity index (χ1n) is 6.05. The van der Waals surface area contributed by atoms with Gasteiger partial charge in [0.15, 0.2) is 0 Å². The van der Waals surface area contributed by atoms with Gasteiger partial charge in [0.1, 0.15) is 11.9 Å². The van der Waals surface area contributed by atoms with E-state index in [4.69, 9.17) is 0 Å². The predicted molar refractivity (Wildman–Crippen MR) is 65.8 cm³/mol. The first-order valence-corrected chi connectivity index (χ1v) is 6.05. The van der Waals surface area contributed by atoms with Gasteiger partial charge in [-0.05, 0) is 13.0 Å². The Morgan fingerprint density at radius 3 is 2.94 bits per heavy atom. The number of carboxylic acid groups (broad SMARTS) is 1. The molecule has 0 aliphatic carbocycles. The Kier molecular flexibility index (Phi) is 3.93. The summed E-state index contributed by atoms with van der Waals surface area (Å²) < 4.78 is 13.7. The van der Waals surface area contributed by atoms with Crippen molar-refractivity contribution in [1.82, 2.24) is 10.2 Å². The van der Waals surface area contributed by atoms with Crippen LogP contribution in [0.25, 0.3) is 0 Å². The van der Waals surface area contributed by atoms with Crippen LogP contribution in [0.4, 0.5) is 4.39 Å². The van der Waals surface area contributed by atoms with E-state index in [1.54, 1.807) is 18.2 Å². The maximum Gasteiger partial charge on any atom is 0.322 e. The SMILES string of the molecule is CC(c1ccccc1F)N1CCNCC1C(=O)O. The molecular formula is C13H17FN2O2. The lowest BCUT2D eigenvalue weighted by atomic mass is 10.0. The normalized spacial score (nSPS) is 22.7. The molecule has 0 radical (unpaired) electrons. The highest BCUT2D eigenvalue weighted by molar-refractivity contribution is 5.74. The fourth-order valence-corrected chi connectivity index (χ4v) is 2.41. The first-order chi connectivity index (χ1) is 8.61. The van der Waals surface area contributed by atoms with Crippen LogP contribution in [0, 0.1) is 5.82 Å². The highest BCUT2D eigenvalue weighted by atomic mass is 19.1. The van der Waals surface area contributed by atoms with Crippen LogP contribution in [0.3, 0.4) is 0 Å². The van der Waals surface area contributed by atoms with E-state index < -0.39 is 12.0 Å². The van der Waals surface area contributed by atoms with Gasteiger partial charge in [0.25, 0.3) is 0 Å². The molecule has 2 N–H and O–H groups in total. The molecule has 1 saturated heterocycles. The van der Waals surface area contributed by atoms with Crippen molar-refractivity contribution in [2.75, 3.05) is 19.6 Å². The second-order valence-electron chi connectivity index (χ2n) is 4.49. The fourth-order valence-electron chi connectivity index (χ4n) is 2.41. The summed E-state index contributed by atoms with van der Waals surface area (Å²) in [6.07, 6.45) is 0. The number of piperazine rings is 1. The van der Waals surface area contributed by atoms with Gasteiger partial charge in [0.05, 0.1) is 0 Å². The summed E-state index contributed by atoms with van der Waals surface area (Å²) in [5.74, 6) is -1.15. The molecule has 0 spiro atoms. The van der Waals surface area contributed by atoms with Crippen molar-refractivity contribution in [2.24, 2.45) is 0 Å². The van der Waals surface area contributed by atoms with Gasteiger partial charge in [-0.25, -0.2) is 4.39 Å². The van der Waals surface area contributed by atoms with Crippen LogP contribution in [-0.4, -0.2) is 41.7 Å². The van der Waals surface area contributed by atoms with E-state index in [-0.39, 0.29) is 11.9 Å².